The maximum atomic E-state index is 13.2. The SMILES string of the molecule is C[C@H](C(=O)NC(C)(C)C)N(Cc1ccccc1)C(=O)CCCN(c1cccc(C(F)(F)F)c1)S(C)(=O)=O. The fourth-order valence-electron chi connectivity index (χ4n) is 3.68. The van der Waals surface area contributed by atoms with E-state index in [2.05, 4.69) is 5.32 Å². The van der Waals surface area contributed by atoms with Gasteiger partial charge in [-0.15, -0.1) is 0 Å². The highest BCUT2D eigenvalue weighted by Crippen LogP contribution is 2.32. The van der Waals surface area contributed by atoms with Gasteiger partial charge in [0.05, 0.1) is 17.5 Å². The van der Waals surface area contributed by atoms with Crippen LogP contribution in [0, 0.1) is 0 Å². The molecule has 0 spiro atoms. The van der Waals surface area contributed by atoms with Crippen molar-refractivity contribution in [3.63, 3.8) is 0 Å². The third kappa shape index (κ3) is 9.38. The number of nitrogens with zero attached hydrogens (tertiary/aromatic N) is 2. The van der Waals surface area contributed by atoms with Crippen molar-refractivity contribution in [1.82, 2.24) is 10.2 Å². The molecule has 0 saturated heterocycles. The average Bonchev–Trinajstić information content (AvgIpc) is 2.78. The minimum atomic E-state index is -4.63. The molecule has 204 valence electrons. The van der Waals surface area contributed by atoms with Crippen LogP contribution in [0.5, 0.6) is 0 Å². The highest BCUT2D eigenvalue weighted by molar-refractivity contribution is 7.92. The normalized spacial score (nSPS) is 13.1. The van der Waals surface area contributed by atoms with E-state index < -0.39 is 33.3 Å². The number of amides is 2. The number of alkyl halides is 3. The van der Waals surface area contributed by atoms with Crippen molar-refractivity contribution in [3.8, 4) is 0 Å². The fraction of sp³-hybridized carbons (Fsp3) is 0.462. The molecule has 0 bridgehead atoms. The van der Waals surface area contributed by atoms with Crippen LogP contribution in [-0.4, -0.2) is 49.5 Å². The van der Waals surface area contributed by atoms with Crippen LogP contribution < -0.4 is 9.62 Å². The maximum Gasteiger partial charge on any atom is 0.416 e. The highest BCUT2D eigenvalue weighted by Gasteiger charge is 2.32. The molecule has 0 fully saturated rings. The van der Waals surface area contributed by atoms with Crippen LogP contribution in [0.1, 0.15) is 51.7 Å². The Morgan fingerprint density at radius 3 is 2.16 bits per heavy atom. The van der Waals surface area contributed by atoms with Crippen molar-refractivity contribution < 1.29 is 31.2 Å². The molecule has 0 saturated carbocycles. The Kier molecular flexibility index (Phi) is 9.76. The van der Waals surface area contributed by atoms with Crippen LogP contribution in [0.15, 0.2) is 54.6 Å². The van der Waals surface area contributed by atoms with Gasteiger partial charge in [0, 0.05) is 25.0 Å². The summed E-state index contributed by atoms with van der Waals surface area (Å²) in [6.07, 6.45) is -3.79. The van der Waals surface area contributed by atoms with E-state index in [4.69, 9.17) is 0 Å². The highest BCUT2D eigenvalue weighted by atomic mass is 32.2. The average molecular weight is 542 g/mol. The Morgan fingerprint density at radius 2 is 1.62 bits per heavy atom. The molecule has 2 amide bonds. The predicted molar refractivity (Wildman–Crippen MR) is 137 cm³/mol. The summed E-state index contributed by atoms with van der Waals surface area (Å²) in [5.74, 6) is -0.712. The molecule has 0 radical (unpaired) electrons. The van der Waals surface area contributed by atoms with Gasteiger partial charge < -0.3 is 10.2 Å². The Bertz CT molecular complexity index is 1180. The third-order valence-electron chi connectivity index (χ3n) is 5.47. The standard InChI is InChI=1S/C26H34F3N3O4S/c1-19(24(34)30-25(2,3)4)31(18-20-11-7-6-8-12-20)23(33)15-10-16-32(37(5,35)36)22-14-9-13-21(17-22)26(27,28)29/h6-9,11-14,17,19H,10,15-16,18H2,1-5H3,(H,30,34)/t19-/m1/s1. The quantitative estimate of drug-likeness (QED) is 0.477. The van der Waals surface area contributed by atoms with E-state index in [-0.39, 0.29) is 43.4 Å². The van der Waals surface area contributed by atoms with Crippen LogP contribution in [0.4, 0.5) is 18.9 Å². The smallest absolute Gasteiger partial charge is 0.350 e. The lowest BCUT2D eigenvalue weighted by atomic mass is 10.1. The molecule has 1 N–H and O–H groups in total. The van der Waals surface area contributed by atoms with E-state index in [9.17, 15) is 31.2 Å². The van der Waals surface area contributed by atoms with E-state index in [1.165, 1.54) is 11.0 Å². The number of rotatable bonds is 10. The first kappa shape index (κ1) is 30.1. The summed E-state index contributed by atoms with van der Waals surface area (Å²) in [7, 11) is -3.92. The zero-order valence-electron chi connectivity index (χ0n) is 21.7. The van der Waals surface area contributed by atoms with E-state index in [1.807, 2.05) is 51.1 Å². The summed E-state index contributed by atoms with van der Waals surface area (Å²) in [6.45, 7) is 7.07. The van der Waals surface area contributed by atoms with Gasteiger partial charge in [0.2, 0.25) is 21.8 Å². The second-order valence-electron chi connectivity index (χ2n) is 9.91. The molecule has 0 unspecified atom stereocenters. The Hall–Kier alpha value is -3.08. The van der Waals surface area contributed by atoms with Gasteiger partial charge in [-0.2, -0.15) is 13.2 Å². The molecule has 0 aliphatic heterocycles. The zero-order valence-corrected chi connectivity index (χ0v) is 22.5. The summed E-state index contributed by atoms with van der Waals surface area (Å²) in [4.78, 5) is 27.5. The Balaban J connectivity index is 2.21. The number of carbonyl (C=O) groups is 2. The molecule has 37 heavy (non-hydrogen) atoms. The van der Waals surface area contributed by atoms with Gasteiger partial charge in [-0.1, -0.05) is 36.4 Å². The van der Waals surface area contributed by atoms with Gasteiger partial charge in [0.15, 0.2) is 0 Å². The van der Waals surface area contributed by atoms with Crippen molar-refractivity contribution >= 4 is 27.5 Å². The van der Waals surface area contributed by atoms with Gasteiger partial charge in [-0.25, -0.2) is 8.42 Å². The largest absolute Gasteiger partial charge is 0.416 e. The molecule has 0 aliphatic rings. The number of carbonyl (C=O) groups excluding carboxylic acids is 2. The monoisotopic (exact) mass is 541 g/mol. The molecule has 11 heteroatoms. The molecule has 1 atom stereocenters. The first-order valence-corrected chi connectivity index (χ1v) is 13.6. The summed E-state index contributed by atoms with van der Waals surface area (Å²) >= 11 is 0. The minimum absolute atomic E-state index is 0.0427. The van der Waals surface area contributed by atoms with Crippen LogP contribution in [-0.2, 0) is 32.3 Å². The summed E-state index contributed by atoms with van der Waals surface area (Å²) < 4.78 is 65.0. The summed E-state index contributed by atoms with van der Waals surface area (Å²) in [6, 6.07) is 12.4. The number of nitrogens with one attached hydrogen (secondary N) is 1. The van der Waals surface area contributed by atoms with Crippen LogP contribution in [0.2, 0.25) is 0 Å². The van der Waals surface area contributed by atoms with Crippen molar-refractivity contribution in [2.24, 2.45) is 0 Å². The van der Waals surface area contributed by atoms with E-state index in [0.717, 1.165) is 34.3 Å². The Labute approximate surface area is 216 Å². The van der Waals surface area contributed by atoms with Crippen molar-refractivity contribution in [2.75, 3.05) is 17.1 Å². The second kappa shape index (κ2) is 12.0. The molecule has 0 aliphatic carbocycles. The number of anilines is 1. The van der Waals surface area contributed by atoms with Gasteiger partial charge in [-0.05, 0) is 57.9 Å². The topological polar surface area (TPSA) is 86.8 Å². The maximum absolute atomic E-state index is 13.2. The number of hydrogen-bond acceptors (Lipinski definition) is 4. The van der Waals surface area contributed by atoms with Crippen molar-refractivity contribution in [3.05, 3.63) is 65.7 Å². The summed E-state index contributed by atoms with van der Waals surface area (Å²) in [5, 5.41) is 2.86. The Morgan fingerprint density at radius 1 is 1.00 bits per heavy atom. The first-order valence-electron chi connectivity index (χ1n) is 11.8. The number of hydrogen-bond donors (Lipinski definition) is 1. The van der Waals surface area contributed by atoms with Gasteiger partial charge in [0.1, 0.15) is 6.04 Å². The molecule has 0 aromatic heterocycles. The van der Waals surface area contributed by atoms with Crippen LogP contribution in [0.3, 0.4) is 0 Å². The lowest BCUT2D eigenvalue weighted by molar-refractivity contribution is -0.141. The van der Waals surface area contributed by atoms with Crippen molar-refractivity contribution in [2.45, 2.75) is 64.8 Å². The van der Waals surface area contributed by atoms with E-state index >= 15 is 0 Å². The second-order valence-corrected chi connectivity index (χ2v) is 11.8. The zero-order chi connectivity index (χ0) is 28.0. The molecular weight excluding hydrogens is 507 g/mol. The number of halogens is 3. The van der Waals surface area contributed by atoms with Crippen molar-refractivity contribution in [1.29, 1.82) is 0 Å². The number of benzene rings is 2. The van der Waals surface area contributed by atoms with E-state index in [0.29, 0.717) is 0 Å². The molecule has 2 rings (SSSR count). The molecule has 0 heterocycles. The van der Waals surface area contributed by atoms with Gasteiger partial charge >= 0.3 is 6.18 Å². The molecule has 2 aromatic carbocycles. The van der Waals surface area contributed by atoms with Crippen LogP contribution >= 0.6 is 0 Å². The van der Waals surface area contributed by atoms with E-state index in [1.54, 1.807) is 6.92 Å². The minimum Gasteiger partial charge on any atom is -0.350 e. The number of sulfonamides is 1. The fourth-order valence-corrected chi connectivity index (χ4v) is 4.64. The third-order valence-corrected chi connectivity index (χ3v) is 6.67. The molecular formula is C26H34F3N3O4S. The van der Waals surface area contributed by atoms with Gasteiger partial charge in [0.25, 0.3) is 0 Å². The molecule has 7 nitrogen and oxygen atoms in total. The lowest BCUT2D eigenvalue weighted by Crippen LogP contribution is -2.52. The van der Waals surface area contributed by atoms with Crippen LogP contribution in [0.25, 0.3) is 0 Å². The first-order chi connectivity index (χ1) is 17.0. The molecule has 2 aromatic rings. The van der Waals surface area contributed by atoms with Gasteiger partial charge in [-0.3, -0.25) is 13.9 Å². The predicted octanol–water partition coefficient (Wildman–Crippen LogP) is 4.58. The lowest BCUT2D eigenvalue weighted by Gasteiger charge is -2.32. The summed E-state index contributed by atoms with van der Waals surface area (Å²) in [5.41, 5.74) is -0.799.